The molecule has 5 nitrogen and oxygen atoms in total. The molecule has 2 amide bonds. The highest BCUT2D eigenvalue weighted by atomic mass is 19.1. The van der Waals surface area contributed by atoms with Crippen LogP contribution < -0.4 is 9.80 Å². The summed E-state index contributed by atoms with van der Waals surface area (Å²) in [4.78, 5) is 28.2. The molecule has 1 saturated heterocycles. The van der Waals surface area contributed by atoms with Crippen molar-refractivity contribution in [2.24, 2.45) is 5.92 Å². The lowest BCUT2D eigenvalue weighted by Crippen LogP contribution is -2.37. The number of hydrogen-bond acceptors (Lipinski definition) is 3. The van der Waals surface area contributed by atoms with Crippen LogP contribution >= 0.6 is 0 Å². The van der Waals surface area contributed by atoms with Crippen LogP contribution in [-0.2, 0) is 14.3 Å². The van der Waals surface area contributed by atoms with E-state index in [1.165, 1.54) is 17.0 Å². The molecule has 23 heavy (non-hydrogen) atoms. The Bertz CT molecular complexity index is 612. The van der Waals surface area contributed by atoms with Crippen molar-refractivity contribution in [3.05, 3.63) is 24.0 Å². The summed E-state index contributed by atoms with van der Waals surface area (Å²) in [7, 11) is 1.62. The van der Waals surface area contributed by atoms with Gasteiger partial charge in [0.25, 0.3) is 0 Å². The lowest BCUT2D eigenvalue weighted by atomic mass is 9.98. The highest BCUT2D eigenvalue weighted by molar-refractivity contribution is 6.05. The number of hydrogen-bond donors (Lipinski definition) is 0. The number of ether oxygens (including phenoxy) is 1. The number of carbonyl (C=O) groups is 2. The molecule has 0 saturated carbocycles. The maximum absolute atomic E-state index is 13.6. The molecule has 3 rings (SSSR count). The molecule has 0 aromatic heterocycles. The standard InChI is InChI=1S/C17H21FN2O3/c1-19-15-11-13(18)4-5-14(15)20(8-6-16(19)21)17(22)12-3-2-9-23-10-7-12/h4-5,11-12H,2-3,6-10H2,1H3. The Hall–Kier alpha value is -1.95. The van der Waals surface area contributed by atoms with Gasteiger partial charge in [0.05, 0.1) is 11.4 Å². The van der Waals surface area contributed by atoms with Crippen molar-refractivity contribution < 1.29 is 18.7 Å². The number of amides is 2. The van der Waals surface area contributed by atoms with Crippen LogP contribution in [0.25, 0.3) is 0 Å². The molecule has 2 aliphatic rings. The molecule has 0 spiro atoms. The van der Waals surface area contributed by atoms with Crippen LogP contribution in [0.4, 0.5) is 15.8 Å². The molecule has 1 atom stereocenters. The van der Waals surface area contributed by atoms with Gasteiger partial charge in [0.15, 0.2) is 0 Å². The van der Waals surface area contributed by atoms with Gasteiger partial charge >= 0.3 is 0 Å². The summed E-state index contributed by atoms with van der Waals surface area (Å²) in [6, 6.07) is 4.23. The van der Waals surface area contributed by atoms with Crippen molar-refractivity contribution in [2.45, 2.75) is 25.7 Å². The van der Waals surface area contributed by atoms with E-state index in [4.69, 9.17) is 4.74 Å². The van der Waals surface area contributed by atoms with Gasteiger partial charge in [0.1, 0.15) is 5.82 Å². The smallest absolute Gasteiger partial charge is 0.230 e. The second kappa shape index (κ2) is 6.66. The van der Waals surface area contributed by atoms with Gasteiger partial charge in [0, 0.05) is 39.1 Å². The fraction of sp³-hybridized carbons (Fsp3) is 0.529. The predicted octanol–water partition coefficient (Wildman–Crippen LogP) is 2.34. The minimum Gasteiger partial charge on any atom is -0.381 e. The summed E-state index contributed by atoms with van der Waals surface area (Å²) in [6.07, 6.45) is 2.58. The number of fused-ring (bicyclic) bond motifs is 1. The highest BCUT2D eigenvalue weighted by Gasteiger charge is 2.31. The summed E-state index contributed by atoms with van der Waals surface area (Å²) in [6.45, 7) is 1.60. The Balaban J connectivity index is 1.94. The molecule has 1 unspecified atom stereocenters. The van der Waals surface area contributed by atoms with E-state index in [1.54, 1.807) is 18.0 Å². The number of nitrogens with zero attached hydrogens (tertiary/aromatic N) is 2. The summed E-state index contributed by atoms with van der Waals surface area (Å²) >= 11 is 0. The van der Waals surface area contributed by atoms with E-state index >= 15 is 0 Å². The molecule has 6 heteroatoms. The molecule has 124 valence electrons. The van der Waals surface area contributed by atoms with Crippen molar-refractivity contribution in [3.63, 3.8) is 0 Å². The molecule has 2 heterocycles. The maximum atomic E-state index is 13.6. The van der Waals surface area contributed by atoms with Crippen LogP contribution in [0.15, 0.2) is 18.2 Å². The minimum atomic E-state index is -0.416. The van der Waals surface area contributed by atoms with Crippen LogP contribution in [0.5, 0.6) is 0 Å². The molecule has 0 aliphatic carbocycles. The third-order valence-electron chi connectivity index (χ3n) is 4.58. The first-order valence-electron chi connectivity index (χ1n) is 8.03. The average Bonchev–Trinajstić information content (AvgIpc) is 2.88. The molecular formula is C17H21FN2O3. The van der Waals surface area contributed by atoms with Crippen molar-refractivity contribution in [1.82, 2.24) is 0 Å². The van der Waals surface area contributed by atoms with Crippen LogP contribution in [0.3, 0.4) is 0 Å². The van der Waals surface area contributed by atoms with Gasteiger partial charge in [0.2, 0.25) is 11.8 Å². The van der Waals surface area contributed by atoms with Crippen LogP contribution in [0.2, 0.25) is 0 Å². The van der Waals surface area contributed by atoms with Crippen LogP contribution in [0, 0.1) is 11.7 Å². The van der Waals surface area contributed by atoms with E-state index in [1.807, 2.05) is 0 Å². The van der Waals surface area contributed by atoms with E-state index in [-0.39, 0.29) is 24.2 Å². The zero-order valence-electron chi connectivity index (χ0n) is 13.3. The number of benzene rings is 1. The van der Waals surface area contributed by atoms with Gasteiger partial charge in [-0.25, -0.2) is 4.39 Å². The first kappa shape index (κ1) is 15.9. The van der Waals surface area contributed by atoms with Gasteiger partial charge in [-0.2, -0.15) is 0 Å². The SMILES string of the molecule is CN1C(=O)CCN(C(=O)C2CCCOCC2)c2ccc(F)cc21. The van der Waals surface area contributed by atoms with Gasteiger partial charge in [-0.15, -0.1) is 0 Å². The molecule has 0 N–H and O–H groups in total. The van der Waals surface area contributed by atoms with Crippen molar-refractivity contribution >= 4 is 23.2 Å². The quantitative estimate of drug-likeness (QED) is 0.798. The molecular weight excluding hydrogens is 299 g/mol. The van der Waals surface area contributed by atoms with Gasteiger partial charge in [-0.05, 0) is 37.5 Å². The predicted molar refractivity (Wildman–Crippen MR) is 84.9 cm³/mol. The maximum Gasteiger partial charge on any atom is 0.230 e. The molecule has 0 radical (unpaired) electrons. The Labute approximate surface area is 135 Å². The van der Waals surface area contributed by atoms with E-state index in [2.05, 4.69) is 0 Å². The topological polar surface area (TPSA) is 49.9 Å². The Kier molecular flexibility index (Phi) is 4.61. The van der Waals surface area contributed by atoms with Gasteiger partial charge in [-0.3, -0.25) is 9.59 Å². The van der Waals surface area contributed by atoms with Crippen molar-refractivity contribution in [3.8, 4) is 0 Å². The van der Waals surface area contributed by atoms with Crippen molar-refractivity contribution in [1.29, 1.82) is 0 Å². The van der Waals surface area contributed by atoms with E-state index in [9.17, 15) is 14.0 Å². The Morgan fingerprint density at radius 3 is 2.91 bits per heavy atom. The fourth-order valence-corrected chi connectivity index (χ4v) is 3.22. The molecule has 0 bridgehead atoms. The Morgan fingerprint density at radius 2 is 2.09 bits per heavy atom. The zero-order chi connectivity index (χ0) is 16.4. The fourth-order valence-electron chi connectivity index (χ4n) is 3.22. The first-order chi connectivity index (χ1) is 11.1. The van der Waals surface area contributed by atoms with E-state index in [0.717, 1.165) is 12.8 Å². The lowest BCUT2D eigenvalue weighted by molar-refractivity contribution is -0.122. The average molecular weight is 320 g/mol. The monoisotopic (exact) mass is 320 g/mol. The molecule has 1 aromatic carbocycles. The minimum absolute atomic E-state index is 0.00598. The van der Waals surface area contributed by atoms with E-state index < -0.39 is 5.82 Å². The summed E-state index contributed by atoms with van der Waals surface area (Å²) in [5, 5.41) is 0. The zero-order valence-corrected chi connectivity index (χ0v) is 13.3. The van der Waals surface area contributed by atoms with Crippen LogP contribution in [0.1, 0.15) is 25.7 Å². The number of carbonyl (C=O) groups excluding carboxylic acids is 2. The second-order valence-corrected chi connectivity index (χ2v) is 6.07. The Morgan fingerprint density at radius 1 is 1.26 bits per heavy atom. The normalized spacial score (nSPS) is 22.3. The van der Waals surface area contributed by atoms with Crippen LogP contribution in [-0.4, -0.2) is 38.6 Å². The number of rotatable bonds is 1. The van der Waals surface area contributed by atoms with Gasteiger partial charge < -0.3 is 14.5 Å². The molecule has 1 fully saturated rings. The van der Waals surface area contributed by atoms with E-state index in [0.29, 0.717) is 37.6 Å². The summed E-state index contributed by atoms with van der Waals surface area (Å²) < 4.78 is 19.0. The van der Waals surface area contributed by atoms with Crippen molar-refractivity contribution in [2.75, 3.05) is 36.6 Å². The van der Waals surface area contributed by atoms with Gasteiger partial charge in [-0.1, -0.05) is 0 Å². The third kappa shape index (κ3) is 3.22. The molecule has 2 aliphatic heterocycles. The molecule has 1 aromatic rings. The highest BCUT2D eigenvalue weighted by Crippen LogP contribution is 2.34. The largest absolute Gasteiger partial charge is 0.381 e. The number of anilines is 2. The summed E-state index contributed by atoms with van der Waals surface area (Å²) in [5.74, 6) is -0.628. The lowest BCUT2D eigenvalue weighted by Gasteiger charge is -2.27. The third-order valence-corrected chi connectivity index (χ3v) is 4.58. The second-order valence-electron chi connectivity index (χ2n) is 6.07. The number of halogens is 1. The first-order valence-corrected chi connectivity index (χ1v) is 8.03. The summed E-state index contributed by atoms with van der Waals surface area (Å²) in [5.41, 5.74) is 1.06.